The van der Waals surface area contributed by atoms with Crippen LogP contribution in [0, 0.1) is 12.8 Å². The zero-order chi connectivity index (χ0) is 20.8. The normalized spacial score (nSPS) is 15.4. The highest BCUT2D eigenvalue weighted by Gasteiger charge is 2.29. The number of aromatic hydroxyl groups is 1. The van der Waals surface area contributed by atoms with Gasteiger partial charge in [0, 0.05) is 42.9 Å². The average Bonchev–Trinajstić information content (AvgIpc) is 2.76. The molecule has 1 aromatic carbocycles. The van der Waals surface area contributed by atoms with Gasteiger partial charge in [-0.15, -0.1) is 0 Å². The maximum Gasteiger partial charge on any atom is 0.226 e. The second kappa shape index (κ2) is 9.85. The number of hydrogen-bond donors (Lipinski definition) is 2. The Hall–Kier alpha value is -2.44. The molecule has 0 atom stereocenters. The van der Waals surface area contributed by atoms with Gasteiger partial charge in [0.2, 0.25) is 5.91 Å². The molecular weight excluding hydrogens is 366 g/mol. The molecule has 2 N–H and O–H groups in total. The molecule has 1 aliphatic heterocycles. The Morgan fingerprint density at radius 3 is 2.55 bits per heavy atom. The quantitative estimate of drug-likeness (QED) is 0.751. The second-order valence-corrected chi connectivity index (χ2v) is 7.74. The number of aliphatic hydroxyl groups is 1. The lowest BCUT2D eigenvalue weighted by Crippen LogP contribution is -2.42. The minimum absolute atomic E-state index is 0.0417. The Morgan fingerprint density at radius 2 is 1.93 bits per heavy atom. The van der Waals surface area contributed by atoms with Gasteiger partial charge in [0.1, 0.15) is 5.75 Å². The molecule has 1 aromatic heterocycles. The number of likely N-dealkylation sites (tertiary alicyclic amines) is 1. The van der Waals surface area contributed by atoms with Crippen molar-refractivity contribution in [2.24, 2.45) is 5.92 Å². The van der Waals surface area contributed by atoms with E-state index in [9.17, 15) is 15.0 Å². The fraction of sp³-hybridized carbons (Fsp3) is 0.478. The van der Waals surface area contributed by atoms with Crippen molar-refractivity contribution in [3.63, 3.8) is 0 Å². The van der Waals surface area contributed by atoms with Crippen molar-refractivity contribution in [1.29, 1.82) is 0 Å². The van der Waals surface area contributed by atoms with Gasteiger partial charge < -0.3 is 15.1 Å². The number of carbonyl (C=O) groups is 1. The number of aryl methyl sites for hydroxylation is 1. The number of aromatic nitrogens is 1. The van der Waals surface area contributed by atoms with Crippen molar-refractivity contribution in [3.05, 3.63) is 58.9 Å². The first kappa shape index (κ1) is 21.3. The van der Waals surface area contributed by atoms with Crippen LogP contribution in [0.2, 0.25) is 0 Å². The lowest BCUT2D eigenvalue weighted by molar-refractivity contribution is -0.137. The van der Waals surface area contributed by atoms with Gasteiger partial charge in [0.25, 0.3) is 0 Å². The molecular formula is C23H31N3O3. The molecule has 0 unspecified atom stereocenters. The first-order valence-electron chi connectivity index (χ1n) is 10.4. The molecule has 0 saturated carbocycles. The summed E-state index contributed by atoms with van der Waals surface area (Å²) in [5.74, 6) is 0.435. The summed E-state index contributed by atoms with van der Waals surface area (Å²) in [7, 11) is 0. The van der Waals surface area contributed by atoms with Crippen LogP contribution in [-0.4, -0.2) is 50.5 Å². The number of rotatable bonds is 7. The number of carbonyl (C=O) groups excluding carboxylic acids is 1. The topological polar surface area (TPSA) is 76.9 Å². The summed E-state index contributed by atoms with van der Waals surface area (Å²) >= 11 is 0. The van der Waals surface area contributed by atoms with E-state index in [1.54, 1.807) is 13.1 Å². The van der Waals surface area contributed by atoms with Gasteiger partial charge in [-0.1, -0.05) is 30.3 Å². The third-order valence-corrected chi connectivity index (χ3v) is 5.83. The summed E-state index contributed by atoms with van der Waals surface area (Å²) in [6.07, 6.45) is 3.25. The van der Waals surface area contributed by atoms with Gasteiger partial charge in [-0.25, -0.2) is 0 Å². The number of aliphatic hydroxyl groups excluding tert-OH is 1. The predicted octanol–water partition coefficient (Wildman–Crippen LogP) is 2.85. The Labute approximate surface area is 172 Å². The Balaban J connectivity index is 1.59. The summed E-state index contributed by atoms with van der Waals surface area (Å²) in [5.41, 5.74) is 3.12. The molecule has 0 bridgehead atoms. The molecule has 156 valence electrons. The van der Waals surface area contributed by atoms with Crippen LogP contribution in [-0.2, 0) is 24.5 Å². The molecule has 6 heteroatoms. The fourth-order valence-electron chi connectivity index (χ4n) is 3.97. The van der Waals surface area contributed by atoms with Crippen LogP contribution in [0.1, 0.15) is 42.1 Å². The highest BCUT2D eigenvalue weighted by atomic mass is 16.3. The molecule has 29 heavy (non-hydrogen) atoms. The van der Waals surface area contributed by atoms with Crippen molar-refractivity contribution < 1.29 is 15.0 Å². The molecule has 2 aromatic rings. The predicted molar refractivity (Wildman–Crippen MR) is 112 cm³/mol. The molecule has 1 fully saturated rings. The molecule has 0 spiro atoms. The summed E-state index contributed by atoms with van der Waals surface area (Å²) in [4.78, 5) is 21.3. The largest absolute Gasteiger partial charge is 0.506 e. The molecule has 2 heterocycles. The van der Waals surface area contributed by atoms with E-state index in [4.69, 9.17) is 0 Å². The van der Waals surface area contributed by atoms with Crippen LogP contribution in [0.4, 0.5) is 0 Å². The molecule has 1 aliphatic rings. The molecule has 0 aliphatic carbocycles. The van der Waals surface area contributed by atoms with E-state index in [0.717, 1.165) is 37.1 Å². The maximum atomic E-state index is 13.0. The molecule has 1 saturated heterocycles. The minimum Gasteiger partial charge on any atom is -0.506 e. The number of amides is 1. The smallest absolute Gasteiger partial charge is 0.226 e. The Bertz CT molecular complexity index is 818. The lowest BCUT2D eigenvalue weighted by Gasteiger charge is -2.34. The standard InChI is InChI=1S/C23H31N3O3/c1-3-26(14-18-7-5-4-6-8-18)23(29)19-9-11-25(12-10-19)15-21-20(16-27)13-24-17(2)22(21)28/h4-8,13,19,27-28H,3,9-12,14-16H2,1-2H3. The van der Waals surface area contributed by atoms with Crippen molar-refractivity contribution in [2.75, 3.05) is 19.6 Å². The molecule has 1 amide bonds. The van der Waals surface area contributed by atoms with Crippen LogP contribution >= 0.6 is 0 Å². The van der Waals surface area contributed by atoms with E-state index in [2.05, 4.69) is 22.0 Å². The zero-order valence-electron chi connectivity index (χ0n) is 17.3. The fourth-order valence-corrected chi connectivity index (χ4v) is 3.97. The number of benzene rings is 1. The Kier molecular flexibility index (Phi) is 7.23. The van der Waals surface area contributed by atoms with E-state index in [0.29, 0.717) is 30.9 Å². The SMILES string of the molecule is CCN(Cc1ccccc1)C(=O)C1CCN(Cc2c(CO)cnc(C)c2O)CC1. The van der Waals surface area contributed by atoms with E-state index in [-0.39, 0.29) is 24.2 Å². The average molecular weight is 398 g/mol. The number of hydrogen-bond acceptors (Lipinski definition) is 5. The van der Waals surface area contributed by atoms with E-state index < -0.39 is 0 Å². The van der Waals surface area contributed by atoms with Crippen molar-refractivity contribution in [3.8, 4) is 5.75 Å². The monoisotopic (exact) mass is 397 g/mol. The van der Waals surface area contributed by atoms with Crippen LogP contribution < -0.4 is 0 Å². The third kappa shape index (κ3) is 5.14. The first-order valence-corrected chi connectivity index (χ1v) is 10.4. The van der Waals surface area contributed by atoms with E-state index in [1.807, 2.05) is 30.0 Å². The maximum absolute atomic E-state index is 13.0. The lowest BCUT2D eigenvalue weighted by atomic mass is 9.94. The second-order valence-electron chi connectivity index (χ2n) is 7.74. The number of nitrogens with zero attached hydrogens (tertiary/aromatic N) is 3. The number of piperidine rings is 1. The van der Waals surface area contributed by atoms with Crippen LogP contribution in [0.25, 0.3) is 0 Å². The van der Waals surface area contributed by atoms with Crippen molar-refractivity contribution in [2.45, 2.75) is 46.4 Å². The zero-order valence-corrected chi connectivity index (χ0v) is 17.3. The number of pyridine rings is 1. The van der Waals surface area contributed by atoms with Gasteiger partial charge >= 0.3 is 0 Å². The van der Waals surface area contributed by atoms with Gasteiger partial charge in [-0.05, 0) is 45.3 Å². The molecule has 6 nitrogen and oxygen atoms in total. The van der Waals surface area contributed by atoms with Crippen LogP contribution in [0.3, 0.4) is 0 Å². The Morgan fingerprint density at radius 1 is 1.24 bits per heavy atom. The van der Waals surface area contributed by atoms with E-state index >= 15 is 0 Å². The van der Waals surface area contributed by atoms with Gasteiger partial charge in [-0.2, -0.15) is 0 Å². The molecule has 3 rings (SSSR count). The van der Waals surface area contributed by atoms with Crippen LogP contribution in [0.5, 0.6) is 5.75 Å². The minimum atomic E-state index is -0.143. The van der Waals surface area contributed by atoms with E-state index in [1.165, 1.54) is 0 Å². The van der Waals surface area contributed by atoms with Crippen molar-refractivity contribution >= 4 is 5.91 Å². The summed E-state index contributed by atoms with van der Waals surface area (Å²) in [6.45, 7) is 7.16. The van der Waals surface area contributed by atoms with Crippen LogP contribution in [0.15, 0.2) is 36.5 Å². The third-order valence-electron chi connectivity index (χ3n) is 5.83. The van der Waals surface area contributed by atoms with Gasteiger partial charge in [0.15, 0.2) is 0 Å². The highest BCUT2D eigenvalue weighted by molar-refractivity contribution is 5.79. The summed E-state index contributed by atoms with van der Waals surface area (Å²) < 4.78 is 0. The molecule has 0 radical (unpaired) electrons. The summed E-state index contributed by atoms with van der Waals surface area (Å²) in [5, 5.41) is 19.9. The van der Waals surface area contributed by atoms with Gasteiger partial charge in [0.05, 0.1) is 12.3 Å². The highest BCUT2D eigenvalue weighted by Crippen LogP contribution is 2.28. The van der Waals surface area contributed by atoms with Crippen molar-refractivity contribution in [1.82, 2.24) is 14.8 Å². The van der Waals surface area contributed by atoms with Gasteiger partial charge in [-0.3, -0.25) is 14.7 Å². The summed E-state index contributed by atoms with van der Waals surface area (Å²) in [6, 6.07) is 10.1. The first-order chi connectivity index (χ1) is 14.0.